The highest BCUT2D eigenvalue weighted by atomic mass is 19.4. The molecule has 96 valence electrons. The number of anilines is 1. The summed E-state index contributed by atoms with van der Waals surface area (Å²) < 4.78 is 38.3. The summed E-state index contributed by atoms with van der Waals surface area (Å²) >= 11 is 0. The molecule has 0 aliphatic heterocycles. The van der Waals surface area contributed by atoms with E-state index in [1.807, 2.05) is 27.7 Å². The molecule has 0 saturated carbocycles. The van der Waals surface area contributed by atoms with Gasteiger partial charge in [-0.2, -0.15) is 13.2 Å². The van der Waals surface area contributed by atoms with Crippen molar-refractivity contribution in [2.24, 2.45) is 0 Å². The summed E-state index contributed by atoms with van der Waals surface area (Å²) in [6.45, 7) is 7.37. The highest BCUT2D eigenvalue weighted by Crippen LogP contribution is 2.37. The van der Waals surface area contributed by atoms with Gasteiger partial charge in [-0.05, 0) is 35.1 Å². The number of hydrogen-bond donors (Lipinski definition) is 1. The van der Waals surface area contributed by atoms with Gasteiger partial charge in [-0.25, -0.2) is 0 Å². The van der Waals surface area contributed by atoms with E-state index in [0.29, 0.717) is 16.8 Å². The number of benzene rings is 1. The van der Waals surface area contributed by atoms with Gasteiger partial charge in [0.05, 0.1) is 5.56 Å². The largest absolute Gasteiger partial charge is 0.416 e. The van der Waals surface area contributed by atoms with Crippen molar-refractivity contribution in [2.75, 3.05) is 5.73 Å². The lowest BCUT2D eigenvalue weighted by Gasteiger charge is -2.19. The topological polar surface area (TPSA) is 26.0 Å². The molecule has 17 heavy (non-hydrogen) atoms. The van der Waals surface area contributed by atoms with E-state index in [-0.39, 0.29) is 11.8 Å². The fourth-order valence-corrected chi connectivity index (χ4v) is 1.82. The second-order valence-corrected chi connectivity index (χ2v) is 4.88. The van der Waals surface area contributed by atoms with E-state index in [1.54, 1.807) is 0 Å². The van der Waals surface area contributed by atoms with E-state index in [4.69, 9.17) is 5.73 Å². The molecule has 2 N–H and O–H groups in total. The zero-order chi connectivity index (χ0) is 13.4. The van der Waals surface area contributed by atoms with E-state index >= 15 is 0 Å². The van der Waals surface area contributed by atoms with Gasteiger partial charge in [-0.1, -0.05) is 27.7 Å². The minimum absolute atomic E-state index is 0.0187. The third-order valence-corrected chi connectivity index (χ3v) is 2.82. The molecule has 1 aromatic carbocycles. The lowest BCUT2D eigenvalue weighted by atomic mass is 9.90. The van der Waals surface area contributed by atoms with Crippen LogP contribution in [-0.2, 0) is 6.18 Å². The number of halogens is 3. The summed E-state index contributed by atoms with van der Waals surface area (Å²) in [6.07, 6.45) is -4.32. The summed E-state index contributed by atoms with van der Waals surface area (Å²) in [5.74, 6) is -0.0374. The highest BCUT2D eigenvalue weighted by Gasteiger charge is 2.32. The molecule has 0 saturated heterocycles. The van der Waals surface area contributed by atoms with Crippen LogP contribution in [0.3, 0.4) is 0 Å². The predicted octanol–water partition coefficient (Wildman–Crippen LogP) is 4.53. The Morgan fingerprint density at radius 2 is 1.29 bits per heavy atom. The first-order valence-electron chi connectivity index (χ1n) is 5.65. The molecular formula is C13H18F3N. The lowest BCUT2D eigenvalue weighted by Crippen LogP contribution is -2.11. The maximum atomic E-state index is 12.8. The standard InChI is InChI=1S/C13H18F3N/c1-7(2)10-5-9(13(14,15)16)6-11(8(3)4)12(10)17/h5-8H,17H2,1-4H3. The Morgan fingerprint density at radius 1 is 0.941 bits per heavy atom. The first kappa shape index (κ1) is 13.9. The van der Waals surface area contributed by atoms with Crippen molar-refractivity contribution in [1.82, 2.24) is 0 Å². The van der Waals surface area contributed by atoms with Crippen LogP contribution in [0, 0.1) is 0 Å². The number of nitrogen functional groups attached to an aromatic ring is 1. The van der Waals surface area contributed by atoms with Gasteiger partial charge in [-0.3, -0.25) is 0 Å². The third kappa shape index (κ3) is 2.93. The molecule has 0 aliphatic carbocycles. The minimum Gasteiger partial charge on any atom is -0.398 e. The first-order valence-corrected chi connectivity index (χ1v) is 5.65. The van der Waals surface area contributed by atoms with Crippen LogP contribution < -0.4 is 5.73 Å². The van der Waals surface area contributed by atoms with Gasteiger partial charge in [0.25, 0.3) is 0 Å². The van der Waals surface area contributed by atoms with Crippen LogP contribution in [0.15, 0.2) is 12.1 Å². The van der Waals surface area contributed by atoms with Gasteiger partial charge < -0.3 is 5.73 Å². The zero-order valence-electron chi connectivity index (χ0n) is 10.5. The van der Waals surface area contributed by atoms with Crippen molar-refractivity contribution in [2.45, 2.75) is 45.7 Å². The van der Waals surface area contributed by atoms with Gasteiger partial charge in [0.15, 0.2) is 0 Å². The molecule has 0 unspecified atom stereocenters. The SMILES string of the molecule is CC(C)c1cc(C(F)(F)F)cc(C(C)C)c1N. The molecule has 0 fully saturated rings. The Balaban J connectivity index is 3.48. The van der Waals surface area contributed by atoms with Crippen LogP contribution >= 0.6 is 0 Å². The molecule has 0 aromatic heterocycles. The maximum absolute atomic E-state index is 12.8. The van der Waals surface area contributed by atoms with Gasteiger partial charge in [0.1, 0.15) is 0 Å². The van der Waals surface area contributed by atoms with Crippen molar-refractivity contribution in [3.8, 4) is 0 Å². The first-order chi connectivity index (χ1) is 7.64. The quantitative estimate of drug-likeness (QED) is 0.761. The van der Waals surface area contributed by atoms with Crippen LogP contribution in [0.2, 0.25) is 0 Å². The van der Waals surface area contributed by atoms with E-state index in [9.17, 15) is 13.2 Å². The monoisotopic (exact) mass is 245 g/mol. The van der Waals surface area contributed by atoms with Crippen LogP contribution in [-0.4, -0.2) is 0 Å². The van der Waals surface area contributed by atoms with Crippen LogP contribution in [0.25, 0.3) is 0 Å². The Labute approximate surface area is 99.8 Å². The smallest absolute Gasteiger partial charge is 0.398 e. The van der Waals surface area contributed by atoms with Crippen molar-refractivity contribution in [3.63, 3.8) is 0 Å². The number of alkyl halides is 3. The van der Waals surface area contributed by atoms with Crippen molar-refractivity contribution in [1.29, 1.82) is 0 Å². The Bertz CT molecular complexity index is 377. The Kier molecular flexibility index (Phi) is 3.74. The normalized spacial score (nSPS) is 12.5. The van der Waals surface area contributed by atoms with E-state index < -0.39 is 11.7 Å². The molecule has 0 atom stereocenters. The summed E-state index contributed by atoms with van der Waals surface area (Å²) in [6, 6.07) is 2.32. The molecule has 0 spiro atoms. The zero-order valence-corrected chi connectivity index (χ0v) is 10.5. The number of rotatable bonds is 2. The maximum Gasteiger partial charge on any atom is 0.416 e. The van der Waals surface area contributed by atoms with Crippen LogP contribution in [0.1, 0.15) is 56.2 Å². The minimum atomic E-state index is -4.32. The van der Waals surface area contributed by atoms with Crippen molar-refractivity contribution in [3.05, 3.63) is 28.8 Å². The predicted molar refractivity (Wildman–Crippen MR) is 64.0 cm³/mol. The third-order valence-electron chi connectivity index (χ3n) is 2.82. The average molecular weight is 245 g/mol. The van der Waals surface area contributed by atoms with Crippen molar-refractivity contribution < 1.29 is 13.2 Å². The van der Waals surface area contributed by atoms with Crippen molar-refractivity contribution >= 4 is 5.69 Å². The van der Waals surface area contributed by atoms with Gasteiger partial charge >= 0.3 is 6.18 Å². The lowest BCUT2D eigenvalue weighted by molar-refractivity contribution is -0.137. The van der Waals surface area contributed by atoms with Gasteiger partial charge in [0.2, 0.25) is 0 Å². The number of nitrogens with two attached hydrogens (primary N) is 1. The van der Waals surface area contributed by atoms with Gasteiger partial charge in [0, 0.05) is 5.69 Å². The van der Waals surface area contributed by atoms with E-state index in [2.05, 4.69) is 0 Å². The fraction of sp³-hybridized carbons (Fsp3) is 0.538. The summed E-state index contributed by atoms with van der Waals surface area (Å²) in [5.41, 5.74) is 6.95. The van der Waals surface area contributed by atoms with Crippen LogP contribution in [0.4, 0.5) is 18.9 Å². The van der Waals surface area contributed by atoms with E-state index in [1.165, 1.54) is 0 Å². The molecule has 0 heterocycles. The van der Waals surface area contributed by atoms with Crippen LogP contribution in [0.5, 0.6) is 0 Å². The summed E-state index contributed by atoms with van der Waals surface area (Å²) in [5, 5.41) is 0. The molecule has 0 bridgehead atoms. The molecule has 0 amide bonds. The second-order valence-electron chi connectivity index (χ2n) is 4.88. The fourth-order valence-electron chi connectivity index (χ4n) is 1.82. The van der Waals surface area contributed by atoms with E-state index in [0.717, 1.165) is 12.1 Å². The molecule has 1 nitrogen and oxygen atoms in total. The highest BCUT2D eigenvalue weighted by molar-refractivity contribution is 5.58. The molecule has 4 heteroatoms. The Morgan fingerprint density at radius 3 is 1.53 bits per heavy atom. The van der Waals surface area contributed by atoms with Gasteiger partial charge in [-0.15, -0.1) is 0 Å². The summed E-state index contributed by atoms with van der Waals surface area (Å²) in [7, 11) is 0. The second kappa shape index (κ2) is 4.59. The molecule has 0 radical (unpaired) electrons. The number of hydrogen-bond acceptors (Lipinski definition) is 1. The molecule has 1 rings (SSSR count). The molecular weight excluding hydrogens is 227 g/mol. The Hall–Kier alpha value is -1.19. The molecule has 1 aromatic rings. The average Bonchev–Trinajstić information content (AvgIpc) is 2.14. The summed E-state index contributed by atoms with van der Waals surface area (Å²) in [4.78, 5) is 0. The molecule has 0 aliphatic rings.